The van der Waals surface area contributed by atoms with Crippen molar-refractivity contribution >= 4 is 21.5 Å². The quantitative estimate of drug-likeness (QED) is 0.765. The Kier molecular flexibility index (Phi) is 4.04. The molecule has 0 aromatic heterocycles. The van der Waals surface area contributed by atoms with E-state index in [2.05, 4.69) is 17.5 Å². The molecule has 0 aromatic rings. The molecule has 2 aliphatic rings. The molecule has 2 rings (SSSR count). The molecule has 1 aliphatic heterocycles. The lowest BCUT2D eigenvalue weighted by Gasteiger charge is -2.20. The van der Waals surface area contributed by atoms with Crippen LogP contribution in [-0.2, 0) is 14.6 Å². The van der Waals surface area contributed by atoms with Crippen molar-refractivity contribution in [1.29, 1.82) is 0 Å². The number of sulfone groups is 1. The largest absolute Gasteiger partial charge is 0.273 e. The van der Waals surface area contributed by atoms with Crippen LogP contribution in [0.25, 0.3) is 0 Å². The van der Waals surface area contributed by atoms with Crippen LogP contribution in [-0.4, -0.2) is 31.5 Å². The first-order valence-electron chi connectivity index (χ1n) is 6.55. The summed E-state index contributed by atoms with van der Waals surface area (Å²) in [6, 6.07) is 0. The van der Waals surface area contributed by atoms with E-state index < -0.39 is 15.8 Å². The maximum Gasteiger partial charge on any atom is 0.244 e. The molecule has 6 heteroatoms. The SMILES string of the molecule is C[C@@H]1CCCCC1=NNC(=O)[C@H]1CCS(=O)(=O)C1. The molecule has 1 aliphatic carbocycles. The Hall–Kier alpha value is -0.910. The third-order valence-corrected chi connectivity index (χ3v) is 5.57. The molecule has 1 heterocycles. The third-order valence-electron chi connectivity index (χ3n) is 3.80. The van der Waals surface area contributed by atoms with Crippen molar-refractivity contribution in [3.63, 3.8) is 0 Å². The number of hydrazone groups is 1. The van der Waals surface area contributed by atoms with E-state index in [1.807, 2.05) is 0 Å². The predicted octanol–water partition coefficient (Wildman–Crippen LogP) is 1.10. The van der Waals surface area contributed by atoms with Gasteiger partial charge in [0.2, 0.25) is 5.91 Å². The van der Waals surface area contributed by atoms with Gasteiger partial charge < -0.3 is 0 Å². The second kappa shape index (κ2) is 5.38. The summed E-state index contributed by atoms with van der Waals surface area (Å²) in [5.74, 6) is -0.150. The van der Waals surface area contributed by atoms with E-state index in [-0.39, 0.29) is 17.4 Å². The summed E-state index contributed by atoms with van der Waals surface area (Å²) in [6.45, 7) is 2.12. The van der Waals surface area contributed by atoms with E-state index in [0.29, 0.717) is 12.3 Å². The number of nitrogens with zero attached hydrogens (tertiary/aromatic N) is 1. The van der Waals surface area contributed by atoms with Gasteiger partial charge in [-0.25, -0.2) is 13.8 Å². The van der Waals surface area contributed by atoms with Crippen molar-refractivity contribution in [1.82, 2.24) is 5.43 Å². The highest BCUT2D eigenvalue weighted by molar-refractivity contribution is 7.91. The predicted molar refractivity (Wildman–Crippen MR) is 70.0 cm³/mol. The van der Waals surface area contributed by atoms with Crippen molar-refractivity contribution in [2.24, 2.45) is 16.9 Å². The van der Waals surface area contributed by atoms with E-state index >= 15 is 0 Å². The minimum Gasteiger partial charge on any atom is -0.273 e. The summed E-state index contributed by atoms with van der Waals surface area (Å²) in [5, 5.41) is 4.18. The van der Waals surface area contributed by atoms with Crippen LogP contribution in [0.4, 0.5) is 0 Å². The molecule has 2 fully saturated rings. The van der Waals surface area contributed by atoms with Crippen LogP contribution in [0, 0.1) is 11.8 Å². The Labute approximate surface area is 108 Å². The van der Waals surface area contributed by atoms with Gasteiger partial charge in [-0.2, -0.15) is 5.10 Å². The minimum absolute atomic E-state index is 0.0285. The molecule has 1 saturated heterocycles. The number of carbonyl (C=O) groups is 1. The smallest absolute Gasteiger partial charge is 0.244 e. The number of hydrogen-bond donors (Lipinski definition) is 1. The molecule has 102 valence electrons. The van der Waals surface area contributed by atoms with E-state index in [0.717, 1.165) is 25.0 Å². The lowest BCUT2D eigenvalue weighted by atomic mass is 9.89. The Balaban J connectivity index is 1.90. The molecule has 0 unspecified atom stereocenters. The van der Waals surface area contributed by atoms with Gasteiger partial charge in [0.25, 0.3) is 0 Å². The molecule has 0 spiro atoms. The molecule has 0 radical (unpaired) electrons. The average molecular weight is 272 g/mol. The van der Waals surface area contributed by atoms with E-state index in [1.165, 1.54) is 6.42 Å². The zero-order valence-electron chi connectivity index (χ0n) is 10.7. The number of rotatable bonds is 2. The summed E-state index contributed by atoms with van der Waals surface area (Å²) in [5.41, 5.74) is 3.58. The average Bonchev–Trinajstić information content (AvgIpc) is 2.68. The van der Waals surface area contributed by atoms with Crippen LogP contribution in [0.5, 0.6) is 0 Å². The Morgan fingerprint density at radius 3 is 2.72 bits per heavy atom. The zero-order chi connectivity index (χ0) is 13.2. The van der Waals surface area contributed by atoms with Gasteiger partial charge in [0, 0.05) is 5.71 Å². The highest BCUT2D eigenvalue weighted by Crippen LogP contribution is 2.21. The van der Waals surface area contributed by atoms with Crippen LogP contribution >= 0.6 is 0 Å². The van der Waals surface area contributed by atoms with Crippen molar-refractivity contribution in [2.75, 3.05) is 11.5 Å². The first kappa shape index (κ1) is 13.5. The van der Waals surface area contributed by atoms with Gasteiger partial charge in [-0.3, -0.25) is 4.79 Å². The minimum atomic E-state index is -3.00. The molecule has 0 aromatic carbocycles. The van der Waals surface area contributed by atoms with Gasteiger partial charge >= 0.3 is 0 Å². The Morgan fingerprint density at radius 2 is 2.11 bits per heavy atom. The molecule has 1 amide bonds. The second-order valence-electron chi connectivity index (χ2n) is 5.33. The standard InChI is InChI=1S/C12H20N2O3S/c1-9-4-2-3-5-11(9)13-14-12(15)10-6-7-18(16,17)8-10/h9-10H,2-8H2,1H3,(H,14,15)/t9-,10+/m1/s1. The lowest BCUT2D eigenvalue weighted by molar-refractivity contribution is -0.124. The maximum absolute atomic E-state index is 11.8. The van der Waals surface area contributed by atoms with E-state index in [1.54, 1.807) is 0 Å². The van der Waals surface area contributed by atoms with Gasteiger partial charge in [-0.15, -0.1) is 0 Å². The third kappa shape index (κ3) is 3.31. The zero-order valence-corrected chi connectivity index (χ0v) is 11.5. The number of nitrogens with one attached hydrogen (secondary N) is 1. The molecular formula is C12H20N2O3S. The van der Waals surface area contributed by atoms with Gasteiger partial charge in [-0.1, -0.05) is 13.3 Å². The highest BCUT2D eigenvalue weighted by Gasteiger charge is 2.33. The molecule has 0 bridgehead atoms. The van der Waals surface area contributed by atoms with Crippen LogP contribution in [0.15, 0.2) is 5.10 Å². The van der Waals surface area contributed by atoms with Crippen molar-refractivity contribution in [3.05, 3.63) is 0 Å². The first-order chi connectivity index (χ1) is 8.48. The molecule has 1 N–H and O–H groups in total. The van der Waals surface area contributed by atoms with Crippen LogP contribution in [0.3, 0.4) is 0 Å². The van der Waals surface area contributed by atoms with Crippen LogP contribution in [0.2, 0.25) is 0 Å². The molecule has 2 atom stereocenters. The van der Waals surface area contributed by atoms with Gasteiger partial charge in [0.05, 0.1) is 17.4 Å². The van der Waals surface area contributed by atoms with Crippen molar-refractivity contribution in [2.45, 2.75) is 39.0 Å². The first-order valence-corrected chi connectivity index (χ1v) is 8.37. The second-order valence-corrected chi connectivity index (χ2v) is 7.55. The summed E-state index contributed by atoms with van der Waals surface area (Å²) < 4.78 is 22.6. The van der Waals surface area contributed by atoms with Gasteiger partial charge in [-0.05, 0) is 31.6 Å². The molecule has 1 saturated carbocycles. The summed E-state index contributed by atoms with van der Waals surface area (Å²) in [4.78, 5) is 11.8. The maximum atomic E-state index is 11.8. The monoisotopic (exact) mass is 272 g/mol. The lowest BCUT2D eigenvalue weighted by Crippen LogP contribution is -2.30. The topological polar surface area (TPSA) is 75.6 Å². The van der Waals surface area contributed by atoms with Crippen molar-refractivity contribution in [3.8, 4) is 0 Å². The fourth-order valence-corrected chi connectivity index (χ4v) is 4.30. The van der Waals surface area contributed by atoms with E-state index in [4.69, 9.17) is 0 Å². The number of amides is 1. The summed E-state index contributed by atoms with van der Waals surface area (Å²) >= 11 is 0. The molecule has 5 nitrogen and oxygen atoms in total. The molecular weight excluding hydrogens is 252 g/mol. The number of carbonyl (C=O) groups excluding carboxylic acids is 1. The van der Waals surface area contributed by atoms with Crippen molar-refractivity contribution < 1.29 is 13.2 Å². The molecule has 18 heavy (non-hydrogen) atoms. The fraction of sp³-hybridized carbons (Fsp3) is 0.833. The summed E-state index contributed by atoms with van der Waals surface area (Å²) in [6.07, 6.45) is 4.82. The van der Waals surface area contributed by atoms with Crippen LogP contribution in [0.1, 0.15) is 39.0 Å². The number of hydrogen-bond acceptors (Lipinski definition) is 4. The highest BCUT2D eigenvalue weighted by atomic mass is 32.2. The Bertz CT molecular complexity index is 456. The van der Waals surface area contributed by atoms with Gasteiger partial charge in [0.15, 0.2) is 9.84 Å². The fourth-order valence-electron chi connectivity index (χ4n) is 2.56. The van der Waals surface area contributed by atoms with Gasteiger partial charge in [0.1, 0.15) is 0 Å². The van der Waals surface area contributed by atoms with Crippen LogP contribution < -0.4 is 5.43 Å². The normalized spacial score (nSPS) is 33.5. The van der Waals surface area contributed by atoms with E-state index in [9.17, 15) is 13.2 Å². The Morgan fingerprint density at radius 1 is 1.33 bits per heavy atom. The summed E-state index contributed by atoms with van der Waals surface area (Å²) in [7, 11) is -3.00.